The number of nitrogens with two attached hydrogens (primary N) is 1. The van der Waals surface area contributed by atoms with Crippen LogP contribution in [-0.2, 0) is 4.79 Å². The number of carbonyl (C=O) groups is 1. The van der Waals surface area contributed by atoms with Crippen molar-refractivity contribution >= 4 is 11.5 Å². The summed E-state index contributed by atoms with van der Waals surface area (Å²) in [5.74, 6) is 0.350. The van der Waals surface area contributed by atoms with Crippen LogP contribution in [0.15, 0.2) is 24.4 Å². The first kappa shape index (κ1) is 10.3. The van der Waals surface area contributed by atoms with Crippen LogP contribution in [0.5, 0.6) is 0 Å². The van der Waals surface area contributed by atoms with Crippen LogP contribution in [0, 0.1) is 0 Å². The highest BCUT2D eigenvalue weighted by Crippen LogP contribution is 2.40. The van der Waals surface area contributed by atoms with Gasteiger partial charge >= 0.3 is 5.97 Å². The molecule has 0 aliphatic heterocycles. The van der Waals surface area contributed by atoms with Crippen LogP contribution in [0.25, 0.3) is 5.52 Å². The van der Waals surface area contributed by atoms with Gasteiger partial charge in [-0.3, -0.25) is 4.79 Å². The van der Waals surface area contributed by atoms with Crippen molar-refractivity contribution in [1.82, 2.24) is 9.38 Å². The lowest BCUT2D eigenvalue weighted by Gasteiger charge is -2.02. The maximum Gasteiger partial charge on any atom is 0.326 e. The maximum absolute atomic E-state index is 11.0. The molecule has 0 spiro atoms. The van der Waals surface area contributed by atoms with Gasteiger partial charge in [-0.25, -0.2) is 4.98 Å². The van der Waals surface area contributed by atoms with Crippen molar-refractivity contribution in [1.29, 1.82) is 0 Å². The van der Waals surface area contributed by atoms with Gasteiger partial charge in [0.25, 0.3) is 0 Å². The van der Waals surface area contributed by atoms with Crippen molar-refractivity contribution in [3.63, 3.8) is 0 Å². The number of aromatic nitrogens is 2. The van der Waals surface area contributed by atoms with E-state index in [1.807, 2.05) is 28.8 Å². The summed E-state index contributed by atoms with van der Waals surface area (Å²) in [4.78, 5) is 15.4. The molecule has 1 aliphatic rings. The second-order valence-electron chi connectivity index (χ2n) is 4.40. The van der Waals surface area contributed by atoms with E-state index in [-0.39, 0.29) is 0 Å². The topological polar surface area (TPSA) is 80.6 Å². The summed E-state index contributed by atoms with van der Waals surface area (Å²) in [5.41, 5.74) is 6.92. The van der Waals surface area contributed by atoms with E-state index in [4.69, 9.17) is 10.8 Å². The van der Waals surface area contributed by atoms with Gasteiger partial charge in [-0.1, -0.05) is 6.07 Å². The molecule has 3 rings (SSSR count). The number of imidazole rings is 1. The van der Waals surface area contributed by atoms with E-state index in [0.717, 1.165) is 24.2 Å². The molecule has 3 N–H and O–H groups in total. The smallest absolute Gasteiger partial charge is 0.326 e. The molecule has 17 heavy (non-hydrogen) atoms. The molecule has 2 heterocycles. The van der Waals surface area contributed by atoms with Crippen molar-refractivity contribution in [3.05, 3.63) is 35.9 Å². The fourth-order valence-electron chi connectivity index (χ4n) is 2.06. The molecular formula is C12H13N3O2. The first-order valence-electron chi connectivity index (χ1n) is 5.63. The third kappa shape index (κ3) is 1.59. The lowest BCUT2D eigenvalue weighted by molar-refractivity contribution is -0.138. The van der Waals surface area contributed by atoms with Crippen molar-refractivity contribution in [2.24, 2.45) is 5.73 Å². The van der Waals surface area contributed by atoms with Crippen molar-refractivity contribution in [3.8, 4) is 0 Å². The number of nitrogens with zero attached hydrogens (tertiary/aromatic N) is 2. The van der Waals surface area contributed by atoms with Gasteiger partial charge < -0.3 is 15.2 Å². The van der Waals surface area contributed by atoms with E-state index in [2.05, 4.69) is 4.98 Å². The van der Waals surface area contributed by atoms with Crippen LogP contribution in [-0.4, -0.2) is 20.5 Å². The van der Waals surface area contributed by atoms with Crippen LogP contribution in [0.1, 0.15) is 36.3 Å². The molecule has 1 saturated carbocycles. The molecule has 1 aliphatic carbocycles. The zero-order chi connectivity index (χ0) is 12.0. The van der Waals surface area contributed by atoms with Gasteiger partial charge in [0.05, 0.1) is 11.2 Å². The number of aliphatic carboxylic acids is 1. The predicted octanol–water partition coefficient (Wildman–Crippen LogP) is 1.30. The number of hydrogen-bond acceptors (Lipinski definition) is 3. The average molecular weight is 231 g/mol. The largest absolute Gasteiger partial charge is 0.480 e. The Labute approximate surface area is 97.9 Å². The lowest BCUT2D eigenvalue weighted by atomic mass is 10.2. The Bertz CT molecular complexity index is 586. The highest BCUT2D eigenvalue weighted by atomic mass is 16.4. The van der Waals surface area contributed by atoms with Crippen LogP contribution >= 0.6 is 0 Å². The fraction of sp³-hybridized carbons (Fsp3) is 0.333. The molecule has 2 aromatic heterocycles. The highest BCUT2D eigenvalue weighted by Gasteiger charge is 2.31. The minimum absolute atomic E-state index is 0.458. The standard InChI is InChI=1S/C12H13N3O2/c13-9(12(16)17)10-8-3-1-2-6-15(8)11(14-10)7-4-5-7/h1-3,6-7,9H,4-5,13H2,(H,16,17). The third-order valence-corrected chi connectivity index (χ3v) is 3.11. The molecule has 5 heteroatoms. The molecule has 0 amide bonds. The number of pyridine rings is 1. The molecule has 0 aromatic carbocycles. The van der Waals surface area contributed by atoms with Crippen molar-refractivity contribution in [2.75, 3.05) is 0 Å². The number of carboxylic acids is 1. The Morgan fingerprint density at radius 1 is 1.53 bits per heavy atom. The lowest BCUT2D eigenvalue weighted by Crippen LogP contribution is -2.21. The van der Waals surface area contributed by atoms with Crippen molar-refractivity contribution in [2.45, 2.75) is 24.8 Å². The molecule has 0 radical (unpaired) electrons. The molecule has 5 nitrogen and oxygen atoms in total. The second kappa shape index (κ2) is 3.56. The monoisotopic (exact) mass is 231 g/mol. The normalized spacial score (nSPS) is 17.2. The number of rotatable bonds is 3. The van der Waals surface area contributed by atoms with E-state index in [1.54, 1.807) is 0 Å². The number of fused-ring (bicyclic) bond motifs is 1. The summed E-state index contributed by atoms with van der Waals surface area (Å²) in [6, 6.07) is 4.58. The van der Waals surface area contributed by atoms with Gasteiger partial charge in [0.1, 0.15) is 11.9 Å². The van der Waals surface area contributed by atoms with E-state index in [0.29, 0.717) is 11.6 Å². The average Bonchev–Trinajstić information content (AvgIpc) is 3.09. The Kier molecular flexibility index (Phi) is 2.16. The molecule has 0 bridgehead atoms. The summed E-state index contributed by atoms with van der Waals surface area (Å²) in [6.07, 6.45) is 4.15. The van der Waals surface area contributed by atoms with Crippen LogP contribution in [0.4, 0.5) is 0 Å². The molecule has 0 saturated heterocycles. The van der Waals surface area contributed by atoms with Gasteiger partial charge in [-0.2, -0.15) is 0 Å². The van der Waals surface area contributed by atoms with E-state index in [9.17, 15) is 4.79 Å². The highest BCUT2D eigenvalue weighted by molar-refractivity contribution is 5.78. The van der Waals surface area contributed by atoms with Crippen molar-refractivity contribution < 1.29 is 9.90 Å². The van der Waals surface area contributed by atoms with E-state index in [1.165, 1.54) is 0 Å². The van der Waals surface area contributed by atoms with E-state index >= 15 is 0 Å². The van der Waals surface area contributed by atoms with Gasteiger partial charge in [0.15, 0.2) is 0 Å². The number of carboxylic acid groups (broad SMARTS) is 1. The Morgan fingerprint density at radius 2 is 2.29 bits per heavy atom. The quantitative estimate of drug-likeness (QED) is 0.834. The molecule has 88 valence electrons. The summed E-state index contributed by atoms with van der Waals surface area (Å²) >= 11 is 0. The summed E-state index contributed by atoms with van der Waals surface area (Å²) in [6.45, 7) is 0. The first-order chi connectivity index (χ1) is 8.18. The maximum atomic E-state index is 11.0. The summed E-state index contributed by atoms with van der Waals surface area (Å²) < 4.78 is 1.95. The zero-order valence-corrected chi connectivity index (χ0v) is 9.21. The summed E-state index contributed by atoms with van der Waals surface area (Å²) in [5, 5.41) is 8.98. The minimum Gasteiger partial charge on any atom is -0.480 e. The van der Waals surface area contributed by atoms with Gasteiger partial charge in [0.2, 0.25) is 0 Å². The molecular weight excluding hydrogens is 218 g/mol. The van der Waals surface area contributed by atoms with Gasteiger partial charge in [-0.15, -0.1) is 0 Å². The van der Waals surface area contributed by atoms with Gasteiger partial charge in [0, 0.05) is 12.1 Å². The molecule has 2 aromatic rings. The van der Waals surface area contributed by atoms with Crippen LogP contribution < -0.4 is 5.73 Å². The van der Waals surface area contributed by atoms with E-state index < -0.39 is 12.0 Å². The van der Waals surface area contributed by atoms with Crippen LogP contribution in [0.2, 0.25) is 0 Å². The fourth-order valence-corrected chi connectivity index (χ4v) is 2.06. The number of hydrogen-bond donors (Lipinski definition) is 2. The molecule has 1 fully saturated rings. The summed E-state index contributed by atoms with van der Waals surface area (Å²) in [7, 11) is 0. The second-order valence-corrected chi connectivity index (χ2v) is 4.40. The Balaban J connectivity index is 2.21. The van der Waals surface area contributed by atoms with Gasteiger partial charge in [-0.05, 0) is 25.0 Å². The third-order valence-electron chi connectivity index (χ3n) is 3.11. The minimum atomic E-state index is -1.06. The molecule has 1 atom stereocenters. The molecule has 1 unspecified atom stereocenters. The Hall–Kier alpha value is -1.88. The first-order valence-corrected chi connectivity index (χ1v) is 5.63. The van der Waals surface area contributed by atoms with Crippen LogP contribution in [0.3, 0.4) is 0 Å². The SMILES string of the molecule is NC(C(=O)O)c1nc(C2CC2)n2ccccc12. The predicted molar refractivity (Wildman–Crippen MR) is 61.7 cm³/mol. The zero-order valence-electron chi connectivity index (χ0n) is 9.21. The Morgan fingerprint density at radius 3 is 2.94 bits per heavy atom.